The molecular formula is C16H21N5. The first-order chi connectivity index (χ1) is 10.3. The van der Waals surface area contributed by atoms with E-state index in [1.807, 2.05) is 6.20 Å². The number of rotatable bonds is 2. The van der Waals surface area contributed by atoms with Crippen LogP contribution in [0.15, 0.2) is 18.5 Å². The molecule has 110 valence electrons. The molecule has 1 aliphatic carbocycles. The highest BCUT2D eigenvalue weighted by molar-refractivity contribution is 5.51. The van der Waals surface area contributed by atoms with Crippen LogP contribution in [0.1, 0.15) is 35.5 Å². The van der Waals surface area contributed by atoms with E-state index < -0.39 is 0 Å². The van der Waals surface area contributed by atoms with E-state index in [4.69, 9.17) is 10.7 Å². The topological polar surface area (TPSA) is 60.0 Å². The number of hydrogen-bond donors (Lipinski definition) is 1. The SMILES string of the molecule is NCc1cc2c(nc1N1CCn3ccnc3C1)CCCC2. The molecule has 0 radical (unpaired) electrons. The lowest BCUT2D eigenvalue weighted by atomic mass is 9.94. The second-order valence-electron chi connectivity index (χ2n) is 5.95. The summed E-state index contributed by atoms with van der Waals surface area (Å²) in [5, 5.41) is 0. The number of fused-ring (bicyclic) bond motifs is 2. The Morgan fingerprint density at radius 1 is 1.19 bits per heavy atom. The molecule has 0 amide bonds. The minimum atomic E-state index is 0.556. The maximum atomic E-state index is 5.98. The summed E-state index contributed by atoms with van der Waals surface area (Å²) in [6, 6.07) is 2.29. The first kappa shape index (κ1) is 12.8. The van der Waals surface area contributed by atoms with Gasteiger partial charge in [0, 0.05) is 43.3 Å². The van der Waals surface area contributed by atoms with Gasteiger partial charge in [-0.2, -0.15) is 0 Å². The van der Waals surface area contributed by atoms with Gasteiger partial charge < -0.3 is 15.2 Å². The summed E-state index contributed by atoms with van der Waals surface area (Å²) < 4.78 is 2.22. The highest BCUT2D eigenvalue weighted by Crippen LogP contribution is 2.28. The summed E-state index contributed by atoms with van der Waals surface area (Å²) in [6.45, 7) is 3.33. The van der Waals surface area contributed by atoms with Crippen LogP contribution in [0.25, 0.3) is 0 Å². The molecule has 0 aromatic carbocycles. The molecule has 21 heavy (non-hydrogen) atoms. The van der Waals surface area contributed by atoms with Crippen molar-refractivity contribution in [3.05, 3.63) is 41.1 Å². The van der Waals surface area contributed by atoms with E-state index in [9.17, 15) is 0 Å². The highest BCUT2D eigenvalue weighted by atomic mass is 15.3. The molecule has 2 aromatic rings. The second kappa shape index (κ2) is 5.15. The van der Waals surface area contributed by atoms with Gasteiger partial charge in [0.1, 0.15) is 11.6 Å². The van der Waals surface area contributed by atoms with Crippen LogP contribution in [0.3, 0.4) is 0 Å². The Bertz CT molecular complexity index is 661. The lowest BCUT2D eigenvalue weighted by molar-refractivity contribution is 0.552. The van der Waals surface area contributed by atoms with E-state index in [1.54, 1.807) is 0 Å². The van der Waals surface area contributed by atoms with Crippen LogP contribution in [0.5, 0.6) is 0 Å². The van der Waals surface area contributed by atoms with Crippen molar-refractivity contribution < 1.29 is 0 Å². The Morgan fingerprint density at radius 2 is 2.10 bits per heavy atom. The number of hydrogen-bond acceptors (Lipinski definition) is 4. The third-order valence-corrected chi connectivity index (χ3v) is 4.62. The number of imidazole rings is 1. The molecule has 0 saturated heterocycles. The van der Waals surface area contributed by atoms with Crippen molar-refractivity contribution in [2.24, 2.45) is 5.73 Å². The lowest BCUT2D eigenvalue weighted by Gasteiger charge is -2.31. The van der Waals surface area contributed by atoms with Crippen molar-refractivity contribution in [3.63, 3.8) is 0 Å². The number of pyridine rings is 1. The fourth-order valence-electron chi connectivity index (χ4n) is 3.45. The maximum absolute atomic E-state index is 5.98. The first-order valence-corrected chi connectivity index (χ1v) is 7.82. The van der Waals surface area contributed by atoms with Gasteiger partial charge in [-0.1, -0.05) is 0 Å². The summed E-state index contributed by atoms with van der Waals surface area (Å²) in [4.78, 5) is 11.7. The first-order valence-electron chi connectivity index (χ1n) is 7.82. The zero-order valence-electron chi connectivity index (χ0n) is 12.3. The molecule has 3 heterocycles. The van der Waals surface area contributed by atoms with Crippen LogP contribution in [-0.4, -0.2) is 21.1 Å². The maximum Gasteiger partial charge on any atom is 0.133 e. The Morgan fingerprint density at radius 3 is 3.00 bits per heavy atom. The molecule has 0 fully saturated rings. The van der Waals surface area contributed by atoms with Crippen LogP contribution >= 0.6 is 0 Å². The molecule has 0 atom stereocenters. The monoisotopic (exact) mass is 283 g/mol. The van der Waals surface area contributed by atoms with Gasteiger partial charge in [0.05, 0.1) is 6.54 Å². The van der Waals surface area contributed by atoms with Gasteiger partial charge in [0.15, 0.2) is 0 Å². The molecule has 4 rings (SSSR count). The van der Waals surface area contributed by atoms with E-state index in [0.29, 0.717) is 6.54 Å². The molecule has 2 aromatic heterocycles. The molecule has 1 aliphatic heterocycles. The van der Waals surface area contributed by atoms with Gasteiger partial charge in [-0.3, -0.25) is 0 Å². The minimum absolute atomic E-state index is 0.556. The van der Waals surface area contributed by atoms with Crippen molar-refractivity contribution in [2.75, 3.05) is 11.4 Å². The van der Waals surface area contributed by atoms with Gasteiger partial charge >= 0.3 is 0 Å². The van der Waals surface area contributed by atoms with E-state index in [0.717, 1.165) is 44.1 Å². The average molecular weight is 283 g/mol. The lowest BCUT2D eigenvalue weighted by Crippen LogP contribution is -2.35. The normalized spacial score (nSPS) is 17.5. The van der Waals surface area contributed by atoms with E-state index in [-0.39, 0.29) is 0 Å². The van der Waals surface area contributed by atoms with Gasteiger partial charge in [0.25, 0.3) is 0 Å². The van der Waals surface area contributed by atoms with Crippen LogP contribution in [0, 0.1) is 0 Å². The number of nitrogens with zero attached hydrogens (tertiary/aromatic N) is 4. The van der Waals surface area contributed by atoms with E-state index in [2.05, 4.69) is 26.7 Å². The smallest absolute Gasteiger partial charge is 0.133 e. The number of anilines is 1. The van der Waals surface area contributed by atoms with Crippen molar-refractivity contribution in [3.8, 4) is 0 Å². The molecule has 0 saturated carbocycles. The van der Waals surface area contributed by atoms with Crippen molar-refractivity contribution >= 4 is 5.82 Å². The van der Waals surface area contributed by atoms with Crippen LogP contribution in [-0.2, 0) is 32.5 Å². The average Bonchev–Trinajstić information content (AvgIpc) is 3.01. The summed E-state index contributed by atoms with van der Waals surface area (Å²) in [5.74, 6) is 2.19. The predicted octanol–water partition coefficient (Wildman–Crippen LogP) is 1.64. The Hall–Kier alpha value is -1.88. The van der Waals surface area contributed by atoms with Gasteiger partial charge in [-0.15, -0.1) is 0 Å². The largest absolute Gasteiger partial charge is 0.347 e. The second-order valence-corrected chi connectivity index (χ2v) is 5.95. The zero-order chi connectivity index (χ0) is 14.2. The van der Waals surface area contributed by atoms with Crippen molar-refractivity contribution in [1.82, 2.24) is 14.5 Å². The Labute approximate surface area is 124 Å². The van der Waals surface area contributed by atoms with Crippen LogP contribution in [0.2, 0.25) is 0 Å². The molecule has 5 nitrogen and oxygen atoms in total. The Balaban J connectivity index is 1.71. The summed E-state index contributed by atoms with van der Waals surface area (Å²) in [5.41, 5.74) is 9.84. The number of aromatic nitrogens is 3. The summed E-state index contributed by atoms with van der Waals surface area (Å²) >= 11 is 0. The summed E-state index contributed by atoms with van der Waals surface area (Å²) in [7, 11) is 0. The zero-order valence-corrected chi connectivity index (χ0v) is 12.3. The van der Waals surface area contributed by atoms with Crippen molar-refractivity contribution in [1.29, 1.82) is 0 Å². The molecule has 0 spiro atoms. The quantitative estimate of drug-likeness (QED) is 0.910. The Kier molecular flexibility index (Phi) is 3.15. The standard InChI is InChI=1S/C16H21N5/c17-10-13-9-12-3-1-2-4-14(12)19-16(13)21-8-7-20-6-5-18-15(20)11-21/h5-6,9H,1-4,7-8,10-11,17H2. The molecule has 5 heteroatoms. The molecular weight excluding hydrogens is 262 g/mol. The molecule has 2 aliphatic rings. The van der Waals surface area contributed by atoms with Gasteiger partial charge in [0.2, 0.25) is 0 Å². The molecule has 2 N–H and O–H groups in total. The predicted molar refractivity (Wildman–Crippen MR) is 82.0 cm³/mol. The van der Waals surface area contributed by atoms with Gasteiger partial charge in [-0.25, -0.2) is 9.97 Å². The van der Waals surface area contributed by atoms with Crippen LogP contribution in [0.4, 0.5) is 5.82 Å². The van der Waals surface area contributed by atoms with Crippen LogP contribution < -0.4 is 10.6 Å². The van der Waals surface area contributed by atoms with E-state index in [1.165, 1.54) is 29.7 Å². The van der Waals surface area contributed by atoms with Crippen molar-refractivity contribution in [2.45, 2.75) is 45.3 Å². The number of aryl methyl sites for hydroxylation is 2. The highest BCUT2D eigenvalue weighted by Gasteiger charge is 2.22. The third-order valence-electron chi connectivity index (χ3n) is 4.62. The fourth-order valence-corrected chi connectivity index (χ4v) is 3.45. The third kappa shape index (κ3) is 2.21. The molecule has 0 bridgehead atoms. The summed E-state index contributed by atoms with van der Waals surface area (Å²) in [6.07, 6.45) is 8.72. The number of nitrogens with two attached hydrogens (primary N) is 1. The van der Waals surface area contributed by atoms with E-state index >= 15 is 0 Å². The fraction of sp³-hybridized carbons (Fsp3) is 0.500. The minimum Gasteiger partial charge on any atom is -0.347 e. The van der Waals surface area contributed by atoms with Gasteiger partial charge in [-0.05, 0) is 37.3 Å². The molecule has 0 unspecified atom stereocenters.